The van der Waals surface area contributed by atoms with Gasteiger partial charge in [0, 0.05) is 39.0 Å². The van der Waals surface area contributed by atoms with Gasteiger partial charge in [0.05, 0.1) is 11.7 Å². The van der Waals surface area contributed by atoms with E-state index < -0.39 is 5.97 Å². The third kappa shape index (κ3) is 4.05. The molecule has 0 unspecified atom stereocenters. The molecule has 0 aliphatic carbocycles. The summed E-state index contributed by atoms with van der Waals surface area (Å²) in [7, 11) is 1.65. The van der Waals surface area contributed by atoms with Crippen molar-refractivity contribution in [2.45, 2.75) is 19.4 Å². The summed E-state index contributed by atoms with van der Waals surface area (Å²) in [6.07, 6.45) is 0.894. The number of aromatic carboxylic acids is 1. The molecule has 0 atom stereocenters. The number of carboxylic acid groups (broad SMARTS) is 1. The number of hydrogen-bond acceptors (Lipinski definition) is 4. The predicted molar refractivity (Wildman–Crippen MR) is 80.3 cm³/mol. The fourth-order valence-electron chi connectivity index (χ4n) is 2.38. The van der Waals surface area contributed by atoms with Crippen molar-refractivity contribution in [2.24, 2.45) is 0 Å². The van der Waals surface area contributed by atoms with E-state index in [1.807, 2.05) is 0 Å². The van der Waals surface area contributed by atoms with Gasteiger partial charge in [0.2, 0.25) is 0 Å². The highest BCUT2D eigenvalue weighted by molar-refractivity contribution is 5.98. The van der Waals surface area contributed by atoms with Crippen molar-refractivity contribution in [3.8, 4) is 0 Å². The van der Waals surface area contributed by atoms with Crippen LogP contribution in [0.15, 0.2) is 18.2 Å². The van der Waals surface area contributed by atoms with Gasteiger partial charge in [0.25, 0.3) is 5.91 Å². The number of likely N-dealkylation sites (tertiary alicyclic amines) is 1. The van der Waals surface area contributed by atoms with Crippen LogP contribution in [0.2, 0.25) is 0 Å². The first-order valence-electron chi connectivity index (χ1n) is 7.26. The van der Waals surface area contributed by atoms with Crippen LogP contribution in [0.3, 0.4) is 0 Å². The van der Waals surface area contributed by atoms with Crippen LogP contribution >= 0.6 is 0 Å². The molecule has 1 fully saturated rings. The monoisotopic (exact) mass is 307 g/mol. The molecule has 6 heteroatoms. The van der Waals surface area contributed by atoms with E-state index in [1.165, 1.54) is 6.07 Å². The van der Waals surface area contributed by atoms with Crippen molar-refractivity contribution in [3.63, 3.8) is 0 Å². The Balaban J connectivity index is 1.88. The van der Waals surface area contributed by atoms with Gasteiger partial charge in [-0.15, -0.1) is 0 Å². The van der Waals surface area contributed by atoms with Crippen LogP contribution in [0.1, 0.15) is 32.7 Å². The van der Waals surface area contributed by atoms with Crippen LogP contribution in [-0.4, -0.2) is 61.4 Å². The Morgan fingerprint density at radius 1 is 1.23 bits per heavy atom. The summed E-state index contributed by atoms with van der Waals surface area (Å²) in [5, 5.41) is 9.05. The SMILES string of the molecule is COCCCOC1CN(C(=O)c2cc(C)cc(C(=O)O)c2)C1. The minimum absolute atomic E-state index is 0.0598. The van der Waals surface area contributed by atoms with Gasteiger partial charge in [-0.2, -0.15) is 0 Å². The van der Waals surface area contributed by atoms with Gasteiger partial charge >= 0.3 is 5.97 Å². The number of hydrogen-bond donors (Lipinski definition) is 1. The maximum Gasteiger partial charge on any atom is 0.335 e. The van der Waals surface area contributed by atoms with E-state index >= 15 is 0 Å². The number of methoxy groups -OCH3 is 1. The van der Waals surface area contributed by atoms with Gasteiger partial charge in [-0.25, -0.2) is 4.79 Å². The molecule has 1 aromatic rings. The molecule has 1 aromatic carbocycles. The number of rotatable bonds is 7. The van der Waals surface area contributed by atoms with Crippen molar-refractivity contribution in [3.05, 3.63) is 34.9 Å². The molecule has 1 heterocycles. The van der Waals surface area contributed by atoms with Crippen LogP contribution in [0.4, 0.5) is 0 Å². The molecule has 1 amide bonds. The third-order valence-corrected chi connectivity index (χ3v) is 3.55. The van der Waals surface area contributed by atoms with Crippen molar-refractivity contribution in [2.75, 3.05) is 33.4 Å². The molecule has 0 aromatic heterocycles. The number of benzene rings is 1. The third-order valence-electron chi connectivity index (χ3n) is 3.55. The molecule has 1 aliphatic heterocycles. The second-order valence-corrected chi connectivity index (χ2v) is 5.44. The van der Waals surface area contributed by atoms with Gasteiger partial charge < -0.3 is 19.5 Å². The van der Waals surface area contributed by atoms with Crippen LogP contribution < -0.4 is 0 Å². The van der Waals surface area contributed by atoms with E-state index in [2.05, 4.69) is 0 Å². The quantitative estimate of drug-likeness (QED) is 0.774. The van der Waals surface area contributed by atoms with E-state index in [0.717, 1.165) is 12.0 Å². The zero-order valence-electron chi connectivity index (χ0n) is 12.9. The van der Waals surface area contributed by atoms with Crippen LogP contribution in [0, 0.1) is 6.92 Å². The summed E-state index contributed by atoms with van der Waals surface area (Å²) in [5.74, 6) is -1.18. The summed E-state index contributed by atoms with van der Waals surface area (Å²) in [4.78, 5) is 25.1. The molecule has 0 spiro atoms. The molecule has 120 valence electrons. The van der Waals surface area contributed by atoms with Crippen LogP contribution in [-0.2, 0) is 9.47 Å². The molecule has 22 heavy (non-hydrogen) atoms. The Morgan fingerprint density at radius 3 is 2.55 bits per heavy atom. The van der Waals surface area contributed by atoms with Gasteiger partial charge in [0.15, 0.2) is 0 Å². The standard InChI is InChI=1S/C16H21NO5/c1-11-6-12(8-13(7-11)16(19)20)15(18)17-9-14(10-17)22-5-3-4-21-2/h6-8,14H,3-5,9-10H2,1-2H3,(H,19,20). The Labute approximate surface area is 129 Å². The summed E-state index contributed by atoms with van der Waals surface area (Å²) in [5.41, 5.74) is 1.31. The first-order chi connectivity index (χ1) is 10.5. The maximum absolute atomic E-state index is 12.3. The Kier molecular flexibility index (Phi) is 5.51. The minimum Gasteiger partial charge on any atom is -0.478 e. The lowest BCUT2D eigenvalue weighted by Crippen LogP contribution is -2.54. The number of carboxylic acids is 1. The fraction of sp³-hybridized carbons (Fsp3) is 0.500. The topological polar surface area (TPSA) is 76.1 Å². The first kappa shape index (κ1) is 16.5. The highest BCUT2D eigenvalue weighted by Crippen LogP contribution is 2.18. The number of carbonyl (C=O) groups is 2. The smallest absolute Gasteiger partial charge is 0.335 e. The molecule has 0 radical (unpaired) electrons. The summed E-state index contributed by atoms with van der Waals surface area (Å²) < 4.78 is 10.6. The Morgan fingerprint density at radius 2 is 1.91 bits per heavy atom. The number of amides is 1. The lowest BCUT2D eigenvalue weighted by molar-refractivity contribution is -0.0464. The summed E-state index contributed by atoms with van der Waals surface area (Å²) >= 11 is 0. The van der Waals surface area contributed by atoms with Crippen molar-refractivity contribution >= 4 is 11.9 Å². The molecule has 0 bridgehead atoms. The fourth-order valence-corrected chi connectivity index (χ4v) is 2.38. The summed E-state index contributed by atoms with van der Waals surface area (Å²) in [6.45, 7) is 4.15. The van der Waals surface area contributed by atoms with Crippen molar-refractivity contribution in [1.29, 1.82) is 0 Å². The average molecular weight is 307 g/mol. The van der Waals surface area contributed by atoms with Gasteiger partial charge in [-0.05, 0) is 37.1 Å². The predicted octanol–water partition coefficient (Wildman–Crippen LogP) is 1.57. The van der Waals surface area contributed by atoms with Crippen molar-refractivity contribution < 1.29 is 24.2 Å². The van der Waals surface area contributed by atoms with Crippen molar-refractivity contribution in [1.82, 2.24) is 4.90 Å². The Hall–Kier alpha value is -1.92. The molecule has 1 aliphatic rings. The van der Waals surface area contributed by atoms with Gasteiger partial charge in [-0.1, -0.05) is 0 Å². The summed E-state index contributed by atoms with van der Waals surface area (Å²) in [6, 6.07) is 4.68. The van der Waals surface area contributed by atoms with E-state index in [1.54, 1.807) is 31.1 Å². The molecule has 2 rings (SSSR count). The van der Waals surface area contributed by atoms with E-state index in [-0.39, 0.29) is 17.6 Å². The second-order valence-electron chi connectivity index (χ2n) is 5.44. The van der Waals surface area contributed by atoms with Crippen LogP contribution in [0.25, 0.3) is 0 Å². The highest BCUT2D eigenvalue weighted by atomic mass is 16.5. The average Bonchev–Trinajstić information content (AvgIpc) is 2.44. The second kappa shape index (κ2) is 7.38. The lowest BCUT2D eigenvalue weighted by Gasteiger charge is -2.39. The molecular formula is C16H21NO5. The van der Waals surface area contributed by atoms with E-state index in [4.69, 9.17) is 14.6 Å². The highest BCUT2D eigenvalue weighted by Gasteiger charge is 2.32. The number of carbonyl (C=O) groups excluding carboxylic acids is 1. The normalized spacial score (nSPS) is 14.7. The number of nitrogens with zero attached hydrogens (tertiary/aromatic N) is 1. The molecule has 1 N–H and O–H groups in total. The number of aryl methyl sites for hydroxylation is 1. The lowest BCUT2D eigenvalue weighted by atomic mass is 10.0. The molecular weight excluding hydrogens is 286 g/mol. The zero-order chi connectivity index (χ0) is 16.1. The van der Waals surface area contributed by atoms with Gasteiger partial charge in [0.1, 0.15) is 0 Å². The Bertz CT molecular complexity index is 551. The molecule has 0 saturated carbocycles. The van der Waals surface area contributed by atoms with E-state index in [0.29, 0.717) is 31.9 Å². The maximum atomic E-state index is 12.3. The van der Waals surface area contributed by atoms with Crippen LogP contribution in [0.5, 0.6) is 0 Å². The van der Waals surface area contributed by atoms with Gasteiger partial charge in [-0.3, -0.25) is 4.79 Å². The number of ether oxygens (including phenoxy) is 2. The molecule has 6 nitrogen and oxygen atoms in total. The minimum atomic E-state index is -1.03. The zero-order valence-corrected chi connectivity index (χ0v) is 12.9. The molecule has 1 saturated heterocycles. The van der Waals surface area contributed by atoms with E-state index in [9.17, 15) is 9.59 Å². The largest absolute Gasteiger partial charge is 0.478 e. The first-order valence-corrected chi connectivity index (χ1v) is 7.26.